The fourth-order valence-electron chi connectivity index (χ4n) is 11.8. The minimum Gasteiger partial charge on any atom is -0.469 e. The van der Waals surface area contributed by atoms with E-state index < -0.39 is 0 Å². The number of fused-ring (bicyclic) bond motifs is 7. The van der Waals surface area contributed by atoms with Gasteiger partial charge in [0.25, 0.3) is 0 Å². The van der Waals surface area contributed by atoms with Crippen molar-refractivity contribution in [1.82, 2.24) is 0 Å². The number of hydrogen-bond donors (Lipinski definition) is 0. The molecule has 4 saturated carbocycles. The van der Waals surface area contributed by atoms with Gasteiger partial charge in [0.05, 0.1) is 18.6 Å². The average molecular weight is 561 g/mol. The minimum absolute atomic E-state index is 0.0102. The number of ether oxygens (including phenoxy) is 2. The summed E-state index contributed by atoms with van der Waals surface area (Å²) in [5, 5.41) is 0. The predicted molar refractivity (Wildman–Crippen MR) is 162 cm³/mol. The van der Waals surface area contributed by atoms with Gasteiger partial charge in [-0.05, 0) is 116 Å². The van der Waals surface area contributed by atoms with Gasteiger partial charge in [-0.1, -0.05) is 71.4 Å². The first-order valence-electron chi connectivity index (χ1n) is 16.4. The minimum atomic E-state index is -0.186. The summed E-state index contributed by atoms with van der Waals surface area (Å²) in [7, 11) is 1.56. The van der Waals surface area contributed by atoms with E-state index in [1.807, 2.05) is 30.3 Å². The van der Waals surface area contributed by atoms with E-state index in [0.717, 1.165) is 38.5 Å². The fraction of sp³-hybridized carbons (Fsp3) is 0.730. The number of methoxy groups -OCH3 is 1. The number of esters is 2. The third-order valence-electron chi connectivity index (χ3n) is 14.1. The maximum absolute atomic E-state index is 13.1. The first-order chi connectivity index (χ1) is 19.4. The van der Waals surface area contributed by atoms with Crippen LogP contribution in [-0.4, -0.2) is 25.2 Å². The zero-order valence-corrected chi connectivity index (χ0v) is 26.5. The lowest BCUT2D eigenvalue weighted by Crippen LogP contribution is -2.64. The molecule has 0 N–H and O–H groups in total. The second kappa shape index (κ2) is 9.98. The van der Waals surface area contributed by atoms with E-state index in [2.05, 4.69) is 47.6 Å². The maximum atomic E-state index is 13.1. The Morgan fingerprint density at radius 3 is 2.29 bits per heavy atom. The Balaban J connectivity index is 1.29. The largest absolute Gasteiger partial charge is 0.469 e. The highest BCUT2D eigenvalue weighted by molar-refractivity contribution is 5.89. The molecule has 0 spiro atoms. The van der Waals surface area contributed by atoms with Gasteiger partial charge in [-0.25, -0.2) is 4.79 Å². The monoisotopic (exact) mass is 560 g/mol. The van der Waals surface area contributed by atoms with E-state index in [1.54, 1.807) is 12.7 Å². The van der Waals surface area contributed by atoms with Gasteiger partial charge in [0.15, 0.2) is 0 Å². The molecule has 224 valence electrons. The van der Waals surface area contributed by atoms with E-state index in [1.165, 1.54) is 19.3 Å². The predicted octanol–water partition coefficient (Wildman–Crippen LogP) is 8.65. The van der Waals surface area contributed by atoms with Gasteiger partial charge < -0.3 is 9.47 Å². The molecular weight excluding hydrogens is 508 g/mol. The van der Waals surface area contributed by atoms with E-state index >= 15 is 0 Å². The van der Waals surface area contributed by atoms with Crippen molar-refractivity contribution in [2.45, 2.75) is 105 Å². The number of carbonyl (C=O) groups is 2. The van der Waals surface area contributed by atoms with Gasteiger partial charge >= 0.3 is 11.9 Å². The molecule has 41 heavy (non-hydrogen) atoms. The fourth-order valence-corrected chi connectivity index (χ4v) is 11.8. The van der Waals surface area contributed by atoms with Crippen molar-refractivity contribution in [1.29, 1.82) is 0 Å². The molecule has 0 saturated heterocycles. The van der Waals surface area contributed by atoms with Crippen molar-refractivity contribution in [3.63, 3.8) is 0 Å². The topological polar surface area (TPSA) is 52.6 Å². The molecule has 5 aliphatic carbocycles. The molecule has 6 rings (SSSR count). The molecular formula is C37H52O4. The Hall–Kier alpha value is -2.10. The van der Waals surface area contributed by atoms with Crippen LogP contribution in [0.25, 0.3) is 0 Å². The quantitative estimate of drug-likeness (QED) is 0.274. The zero-order valence-electron chi connectivity index (χ0n) is 26.5. The number of allylic oxidation sites excluding steroid dienone is 2. The Bertz CT molecular complexity index is 1220. The highest BCUT2D eigenvalue weighted by atomic mass is 16.5. The van der Waals surface area contributed by atoms with Crippen LogP contribution in [-0.2, 0) is 14.3 Å². The Morgan fingerprint density at radius 2 is 1.59 bits per heavy atom. The van der Waals surface area contributed by atoms with Crippen LogP contribution in [0.15, 0.2) is 42.0 Å². The normalized spacial score (nSPS) is 44.7. The molecule has 0 radical (unpaired) electrons. The first kappa shape index (κ1) is 29.0. The third-order valence-corrected chi connectivity index (χ3v) is 14.1. The van der Waals surface area contributed by atoms with Crippen molar-refractivity contribution in [3.05, 3.63) is 47.5 Å². The standard InChI is InChI=1S/C37H52O4/c1-23-13-14-26(33(39)40-7)25-17-21-36(5)27(31(23)25)15-16-29-35(4)20-19-30(41-32(38)24-11-9-8-10-12-24)34(2,3)28(35)18-22-37(29,36)6/h8-12,15,23,25-26,28-31H,13-14,16-22H2,1-7H3. The van der Waals surface area contributed by atoms with Crippen LogP contribution in [0.3, 0.4) is 0 Å². The maximum Gasteiger partial charge on any atom is 0.338 e. The lowest BCUT2D eigenvalue weighted by molar-refractivity contribution is -0.201. The Labute approximate surface area is 248 Å². The van der Waals surface area contributed by atoms with Gasteiger partial charge in [0, 0.05) is 5.41 Å². The summed E-state index contributed by atoms with van der Waals surface area (Å²) in [5.41, 5.74) is 2.86. The highest BCUT2D eigenvalue weighted by Gasteiger charge is 2.67. The molecule has 4 heteroatoms. The van der Waals surface area contributed by atoms with E-state index in [9.17, 15) is 9.59 Å². The van der Waals surface area contributed by atoms with Gasteiger partial charge in [-0.3, -0.25) is 4.79 Å². The first-order valence-corrected chi connectivity index (χ1v) is 16.4. The van der Waals surface area contributed by atoms with Gasteiger partial charge in [-0.15, -0.1) is 0 Å². The summed E-state index contributed by atoms with van der Waals surface area (Å²) in [5.74, 6) is 2.55. The van der Waals surface area contributed by atoms with Crippen LogP contribution in [0.1, 0.15) is 110 Å². The summed E-state index contributed by atoms with van der Waals surface area (Å²) in [6.07, 6.45) is 12.6. The molecule has 0 aliphatic heterocycles. The zero-order chi connectivity index (χ0) is 29.4. The van der Waals surface area contributed by atoms with E-state index in [4.69, 9.17) is 9.47 Å². The van der Waals surface area contributed by atoms with E-state index in [-0.39, 0.29) is 45.6 Å². The molecule has 1 aromatic carbocycles. The Kier molecular flexibility index (Phi) is 7.06. The lowest BCUT2D eigenvalue weighted by Gasteiger charge is -2.70. The number of benzene rings is 1. The average Bonchev–Trinajstić information content (AvgIpc) is 2.95. The molecule has 0 bridgehead atoms. The smallest absolute Gasteiger partial charge is 0.338 e. The molecule has 4 nitrogen and oxygen atoms in total. The van der Waals surface area contributed by atoms with Crippen LogP contribution in [0.5, 0.6) is 0 Å². The second-order valence-corrected chi connectivity index (χ2v) is 15.8. The number of carbonyl (C=O) groups excluding carboxylic acids is 2. The third kappa shape index (κ3) is 4.12. The summed E-state index contributed by atoms with van der Waals surface area (Å²) < 4.78 is 11.6. The highest BCUT2D eigenvalue weighted by Crippen LogP contribution is 2.74. The summed E-state index contributed by atoms with van der Waals surface area (Å²) in [4.78, 5) is 25.9. The van der Waals surface area contributed by atoms with Gasteiger partial charge in [-0.2, -0.15) is 0 Å². The van der Waals surface area contributed by atoms with Crippen molar-refractivity contribution in [3.8, 4) is 0 Å². The van der Waals surface area contributed by atoms with Crippen molar-refractivity contribution >= 4 is 11.9 Å². The summed E-state index contributed by atoms with van der Waals surface area (Å²) in [6, 6.07) is 9.47. The van der Waals surface area contributed by atoms with Crippen molar-refractivity contribution < 1.29 is 19.1 Å². The number of hydrogen-bond acceptors (Lipinski definition) is 4. The van der Waals surface area contributed by atoms with E-state index in [0.29, 0.717) is 35.2 Å². The Morgan fingerprint density at radius 1 is 0.854 bits per heavy atom. The SMILES string of the molecule is COC(=O)C1CCC(C)C2C3=CCC4C5(C)CCC(OC(=O)c6ccccc6)C(C)(C)C5CCC4(C)C3(C)CCC12. The van der Waals surface area contributed by atoms with Crippen LogP contribution in [0.4, 0.5) is 0 Å². The number of rotatable bonds is 3. The van der Waals surface area contributed by atoms with Crippen molar-refractivity contribution in [2.24, 2.45) is 57.2 Å². The van der Waals surface area contributed by atoms with Crippen LogP contribution < -0.4 is 0 Å². The summed E-state index contributed by atoms with van der Waals surface area (Å²) in [6.45, 7) is 15.0. The van der Waals surface area contributed by atoms with Crippen LogP contribution >= 0.6 is 0 Å². The second-order valence-electron chi connectivity index (χ2n) is 15.8. The molecule has 10 atom stereocenters. The summed E-state index contributed by atoms with van der Waals surface area (Å²) >= 11 is 0. The lowest BCUT2D eigenvalue weighted by atomic mass is 9.34. The van der Waals surface area contributed by atoms with Gasteiger partial charge in [0.1, 0.15) is 6.10 Å². The molecule has 0 aromatic heterocycles. The van der Waals surface area contributed by atoms with Crippen LogP contribution in [0, 0.1) is 57.2 Å². The molecule has 5 aliphatic rings. The van der Waals surface area contributed by atoms with Crippen molar-refractivity contribution in [2.75, 3.05) is 7.11 Å². The van der Waals surface area contributed by atoms with Crippen LogP contribution in [0.2, 0.25) is 0 Å². The molecule has 1 aromatic rings. The molecule has 4 fully saturated rings. The molecule has 0 amide bonds. The van der Waals surface area contributed by atoms with Gasteiger partial charge in [0.2, 0.25) is 0 Å². The molecule has 10 unspecified atom stereocenters. The molecule has 0 heterocycles.